The van der Waals surface area contributed by atoms with Crippen LogP contribution < -0.4 is 0 Å². The Balaban J connectivity index is 4.36. The van der Waals surface area contributed by atoms with Gasteiger partial charge < -0.3 is 14.2 Å². The van der Waals surface area contributed by atoms with E-state index in [1.54, 1.807) is 0 Å². The number of unbranched alkanes of at least 4 members (excludes halogenated alkanes) is 28. The Hall–Kier alpha value is -2.11. The number of hydrogen-bond donors (Lipinski definition) is 0. The van der Waals surface area contributed by atoms with E-state index < -0.39 is 6.10 Å². The standard InChI is InChI=1S/C49H90O6/c1-4-7-10-13-16-19-22-24-27-30-33-36-39-42-48(51)54-45-46(44-53-47(50)41-38-35-32-29-26-21-18-15-12-9-6-3)55-49(52)43-40-37-34-31-28-25-23-20-17-14-11-8-5-2/h10,13,19,22,46H,4-9,11-12,14-18,20-21,23-45H2,1-3H3/b13-10-,22-19-. The van der Waals surface area contributed by atoms with Crippen molar-refractivity contribution in [3.8, 4) is 0 Å². The Morgan fingerprint density at radius 1 is 0.364 bits per heavy atom. The van der Waals surface area contributed by atoms with Gasteiger partial charge in [-0.15, -0.1) is 0 Å². The predicted octanol–water partition coefficient (Wildman–Crippen LogP) is 15.2. The van der Waals surface area contributed by atoms with Crippen LogP contribution in [0.15, 0.2) is 24.3 Å². The summed E-state index contributed by atoms with van der Waals surface area (Å²) in [6.45, 7) is 6.56. The molecule has 0 heterocycles. The fraction of sp³-hybridized carbons (Fsp3) is 0.857. The zero-order valence-corrected chi connectivity index (χ0v) is 36.7. The molecule has 0 N–H and O–H groups in total. The van der Waals surface area contributed by atoms with Crippen molar-refractivity contribution in [3.63, 3.8) is 0 Å². The SMILES string of the molecule is CCC/C=C\C/C=C\CCCCCCCC(=O)OCC(COC(=O)CCCCCCCCCCCCC)OC(=O)CCCCCCCCCCCCCCC. The van der Waals surface area contributed by atoms with Gasteiger partial charge in [0.1, 0.15) is 13.2 Å². The lowest BCUT2D eigenvalue weighted by Gasteiger charge is -2.18. The molecule has 0 aromatic rings. The summed E-state index contributed by atoms with van der Waals surface area (Å²) in [4.78, 5) is 37.8. The lowest BCUT2D eigenvalue weighted by molar-refractivity contribution is -0.167. The summed E-state index contributed by atoms with van der Waals surface area (Å²) in [5.74, 6) is -0.878. The van der Waals surface area contributed by atoms with Crippen LogP contribution in [-0.4, -0.2) is 37.2 Å². The number of ether oxygens (including phenoxy) is 3. The molecule has 0 saturated carbocycles. The van der Waals surface area contributed by atoms with Gasteiger partial charge >= 0.3 is 17.9 Å². The number of esters is 3. The molecular weight excluding hydrogens is 685 g/mol. The zero-order chi connectivity index (χ0) is 40.1. The number of carbonyl (C=O) groups excluding carboxylic acids is 3. The first kappa shape index (κ1) is 52.9. The van der Waals surface area contributed by atoms with Crippen molar-refractivity contribution in [2.75, 3.05) is 13.2 Å². The molecule has 322 valence electrons. The highest BCUT2D eigenvalue weighted by molar-refractivity contribution is 5.71. The van der Waals surface area contributed by atoms with Gasteiger partial charge in [0.25, 0.3) is 0 Å². The molecule has 6 heteroatoms. The molecule has 6 nitrogen and oxygen atoms in total. The first-order valence-electron chi connectivity index (χ1n) is 23.8. The lowest BCUT2D eigenvalue weighted by atomic mass is 10.0. The van der Waals surface area contributed by atoms with Crippen LogP contribution in [0.5, 0.6) is 0 Å². The molecular formula is C49H90O6. The van der Waals surface area contributed by atoms with E-state index in [-0.39, 0.29) is 31.1 Å². The average Bonchev–Trinajstić information content (AvgIpc) is 3.18. The van der Waals surface area contributed by atoms with Crippen molar-refractivity contribution in [2.45, 2.75) is 258 Å². The van der Waals surface area contributed by atoms with Gasteiger partial charge in [-0.3, -0.25) is 14.4 Å². The molecule has 0 spiro atoms. The quantitative estimate of drug-likeness (QED) is 0.0266. The van der Waals surface area contributed by atoms with Gasteiger partial charge in [-0.25, -0.2) is 0 Å². The molecule has 0 fully saturated rings. The van der Waals surface area contributed by atoms with E-state index in [2.05, 4.69) is 45.1 Å². The van der Waals surface area contributed by atoms with Crippen LogP contribution in [0.2, 0.25) is 0 Å². The van der Waals surface area contributed by atoms with Crippen LogP contribution in [0.25, 0.3) is 0 Å². The maximum absolute atomic E-state index is 12.7. The van der Waals surface area contributed by atoms with Gasteiger partial charge in [0.05, 0.1) is 0 Å². The van der Waals surface area contributed by atoms with Gasteiger partial charge in [-0.05, 0) is 44.9 Å². The molecule has 55 heavy (non-hydrogen) atoms. The largest absolute Gasteiger partial charge is 0.462 e. The van der Waals surface area contributed by atoms with Crippen molar-refractivity contribution < 1.29 is 28.6 Å². The zero-order valence-electron chi connectivity index (χ0n) is 36.7. The Kier molecular flexibility index (Phi) is 42.9. The smallest absolute Gasteiger partial charge is 0.306 e. The van der Waals surface area contributed by atoms with Gasteiger partial charge in [-0.1, -0.05) is 212 Å². The summed E-state index contributed by atoms with van der Waals surface area (Å²) in [7, 11) is 0. The molecule has 0 aliphatic rings. The van der Waals surface area contributed by atoms with Gasteiger partial charge in [-0.2, -0.15) is 0 Å². The Morgan fingerprint density at radius 3 is 1.07 bits per heavy atom. The summed E-state index contributed by atoms with van der Waals surface area (Å²) in [5.41, 5.74) is 0. The van der Waals surface area contributed by atoms with Crippen molar-refractivity contribution in [2.24, 2.45) is 0 Å². The molecule has 1 unspecified atom stereocenters. The van der Waals surface area contributed by atoms with Gasteiger partial charge in [0.15, 0.2) is 6.10 Å². The first-order valence-corrected chi connectivity index (χ1v) is 23.8. The minimum Gasteiger partial charge on any atom is -0.462 e. The van der Waals surface area contributed by atoms with E-state index >= 15 is 0 Å². The minimum atomic E-state index is -0.769. The second-order valence-electron chi connectivity index (χ2n) is 16.0. The summed E-state index contributed by atoms with van der Waals surface area (Å²) >= 11 is 0. The summed E-state index contributed by atoms with van der Waals surface area (Å²) in [6, 6.07) is 0. The monoisotopic (exact) mass is 775 g/mol. The Bertz CT molecular complexity index is 896. The molecule has 0 rings (SSSR count). The normalized spacial score (nSPS) is 12.1. The highest BCUT2D eigenvalue weighted by Gasteiger charge is 2.19. The van der Waals surface area contributed by atoms with Gasteiger partial charge in [0.2, 0.25) is 0 Å². The van der Waals surface area contributed by atoms with Gasteiger partial charge in [0, 0.05) is 19.3 Å². The highest BCUT2D eigenvalue weighted by atomic mass is 16.6. The van der Waals surface area contributed by atoms with Crippen LogP contribution in [0.4, 0.5) is 0 Å². The van der Waals surface area contributed by atoms with Crippen molar-refractivity contribution >= 4 is 17.9 Å². The van der Waals surface area contributed by atoms with E-state index in [0.29, 0.717) is 19.3 Å². The van der Waals surface area contributed by atoms with E-state index in [9.17, 15) is 14.4 Å². The van der Waals surface area contributed by atoms with Crippen molar-refractivity contribution in [1.29, 1.82) is 0 Å². The number of hydrogen-bond acceptors (Lipinski definition) is 6. The second kappa shape index (κ2) is 44.6. The second-order valence-corrected chi connectivity index (χ2v) is 16.0. The highest BCUT2D eigenvalue weighted by Crippen LogP contribution is 2.15. The molecule has 0 aliphatic carbocycles. The van der Waals surface area contributed by atoms with Crippen LogP contribution in [0.1, 0.15) is 252 Å². The molecule has 0 saturated heterocycles. The van der Waals surface area contributed by atoms with Crippen LogP contribution in [0.3, 0.4) is 0 Å². The summed E-state index contributed by atoms with van der Waals surface area (Å²) in [6.07, 6.45) is 48.7. The van der Waals surface area contributed by atoms with Crippen LogP contribution in [-0.2, 0) is 28.6 Å². The first-order chi connectivity index (χ1) is 27.0. The number of allylic oxidation sites excluding steroid dienone is 4. The predicted molar refractivity (Wildman–Crippen MR) is 233 cm³/mol. The molecule has 0 amide bonds. The Labute approximate surface area is 341 Å². The van der Waals surface area contributed by atoms with Crippen molar-refractivity contribution in [1.82, 2.24) is 0 Å². The van der Waals surface area contributed by atoms with E-state index in [0.717, 1.165) is 83.5 Å². The third kappa shape index (κ3) is 42.9. The number of rotatable bonds is 43. The maximum Gasteiger partial charge on any atom is 0.306 e. The molecule has 0 bridgehead atoms. The topological polar surface area (TPSA) is 78.9 Å². The van der Waals surface area contributed by atoms with E-state index in [1.807, 2.05) is 0 Å². The Morgan fingerprint density at radius 2 is 0.691 bits per heavy atom. The summed E-state index contributed by atoms with van der Waals surface area (Å²) < 4.78 is 16.7. The third-order valence-corrected chi connectivity index (χ3v) is 10.4. The van der Waals surface area contributed by atoms with Crippen LogP contribution in [0, 0.1) is 0 Å². The molecule has 0 aliphatic heterocycles. The molecule has 0 aromatic carbocycles. The van der Waals surface area contributed by atoms with E-state index in [1.165, 1.54) is 128 Å². The average molecular weight is 775 g/mol. The minimum absolute atomic E-state index is 0.0715. The van der Waals surface area contributed by atoms with Crippen molar-refractivity contribution in [3.05, 3.63) is 24.3 Å². The fourth-order valence-corrected chi connectivity index (χ4v) is 6.83. The molecule has 0 aromatic heterocycles. The molecule has 1 atom stereocenters. The number of carbonyl (C=O) groups is 3. The lowest BCUT2D eigenvalue weighted by Crippen LogP contribution is -2.30. The van der Waals surface area contributed by atoms with E-state index in [4.69, 9.17) is 14.2 Å². The van der Waals surface area contributed by atoms with Crippen LogP contribution >= 0.6 is 0 Å². The molecule has 0 radical (unpaired) electrons. The third-order valence-electron chi connectivity index (χ3n) is 10.4. The maximum atomic E-state index is 12.7. The summed E-state index contributed by atoms with van der Waals surface area (Å²) in [5, 5.41) is 0. The fourth-order valence-electron chi connectivity index (χ4n) is 6.83.